The Kier molecular flexibility index (Phi) is 4.40. The largest absolute Gasteiger partial charge is 0.421 e. The SMILES string of the molecule is CNc1cc(F)c(F)c2c1[nH]c1nc(Oc3cnc(C)nc3)nc(N3CCC4(CCC4)C3)c12. The molecule has 0 amide bonds. The molecule has 1 aliphatic carbocycles. The summed E-state index contributed by atoms with van der Waals surface area (Å²) >= 11 is 0. The van der Waals surface area contributed by atoms with E-state index in [1.54, 1.807) is 26.4 Å². The number of H-pyrrole nitrogens is 1. The first kappa shape index (κ1) is 20.1. The van der Waals surface area contributed by atoms with E-state index in [9.17, 15) is 4.39 Å². The molecule has 1 spiro atoms. The lowest BCUT2D eigenvalue weighted by Gasteiger charge is -2.38. The van der Waals surface area contributed by atoms with E-state index in [4.69, 9.17) is 4.74 Å². The molecule has 4 heterocycles. The van der Waals surface area contributed by atoms with Crippen LogP contribution in [-0.4, -0.2) is 45.1 Å². The summed E-state index contributed by atoms with van der Waals surface area (Å²) in [5.41, 5.74) is 1.55. The lowest BCUT2D eigenvalue weighted by Crippen LogP contribution is -2.33. The van der Waals surface area contributed by atoms with Gasteiger partial charge in [0.05, 0.1) is 34.4 Å². The van der Waals surface area contributed by atoms with Crippen molar-refractivity contribution in [3.63, 3.8) is 0 Å². The maximum Gasteiger partial charge on any atom is 0.326 e. The predicted molar refractivity (Wildman–Crippen MR) is 121 cm³/mol. The van der Waals surface area contributed by atoms with E-state index in [1.165, 1.54) is 19.3 Å². The molecule has 1 saturated carbocycles. The van der Waals surface area contributed by atoms with E-state index in [0.717, 1.165) is 25.6 Å². The number of halogens is 2. The van der Waals surface area contributed by atoms with Crippen molar-refractivity contribution in [2.24, 2.45) is 5.41 Å². The van der Waals surface area contributed by atoms with Crippen LogP contribution in [0.2, 0.25) is 0 Å². The second-order valence-electron chi connectivity index (χ2n) is 8.99. The minimum absolute atomic E-state index is 0.0953. The van der Waals surface area contributed by atoms with Crippen molar-refractivity contribution >= 4 is 33.4 Å². The Morgan fingerprint density at radius 1 is 1.12 bits per heavy atom. The van der Waals surface area contributed by atoms with E-state index < -0.39 is 11.6 Å². The molecule has 1 aromatic carbocycles. The summed E-state index contributed by atoms with van der Waals surface area (Å²) in [7, 11) is 1.66. The molecule has 3 aromatic heterocycles. The van der Waals surface area contributed by atoms with Crippen LogP contribution in [0.1, 0.15) is 31.5 Å². The van der Waals surface area contributed by atoms with Gasteiger partial charge in [-0.2, -0.15) is 9.97 Å². The number of hydrogen-bond donors (Lipinski definition) is 2. The third-order valence-corrected chi connectivity index (χ3v) is 6.97. The van der Waals surface area contributed by atoms with Crippen molar-refractivity contribution in [3.05, 3.63) is 35.9 Å². The van der Waals surface area contributed by atoms with Crippen LogP contribution in [0.5, 0.6) is 11.8 Å². The molecule has 10 heteroatoms. The Balaban J connectivity index is 1.56. The highest BCUT2D eigenvalue weighted by molar-refractivity contribution is 6.15. The highest BCUT2D eigenvalue weighted by Crippen LogP contribution is 2.50. The first-order valence-corrected chi connectivity index (χ1v) is 11.1. The van der Waals surface area contributed by atoms with Gasteiger partial charge in [0.15, 0.2) is 17.4 Å². The fourth-order valence-corrected chi connectivity index (χ4v) is 5.07. The highest BCUT2D eigenvalue weighted by Gasteiger charge is 2.44. The number of rotatable bonds is 4. The number of nitrogens with zero attached hydrogens (tertiary/aromatic N) is 5. The summed E-state index contributed by atoms with van der Waals surface area (Å²) in [6.07, 6.45) is 7.75. The number of ether oxygens (including phenoxy) is 1. The van der Waals surface area contributed by atoms with Gasteiger partial charge in [0.2, 0.25) is 0 Å². The van der Waals surface area contributed by atoms with Gasteiger partial charge in [-0.3, -0.25) is 0 Å². The molecule has 4 aromatic rings. The molecule has 0 unspecified atom stereocenters. The van der Waals surface area contributed by atoms with E-state index in [0.29, 0.717) is 39.6 Å². The van der Waals surface area contributed by atoms with E-state index in [-0.39, 0.29) is 16.8 Å². The van der Waals surface area contributed by atoms with Gasteiger partial charge in [-0.15, -0.1) is 0 Å². The molecular weight excluding hydrogens is 428 g/mol. The standard InChI is InChI=1S/C23H23F2N7O/c1-12-27-9-13(10-28-12)33-22-30-20-17(16-18(25)14(24)8-15(26-2)19(16)29-20)21(31-22)32-7-6-23(11-32)4-3-5-23/h8-10,26H,3-7,11H2,1-2H3,(H,29,30,31). The summed E-state index contributed by atoms with van der Waals surface area (Å²) < 4.78 is 35.5. The van der Waals surface area contributed by atoms with E-state index in [2.05, 4.69) is 35.1 Å². The van der Waals surface area contributed by atoms with Gasteiger partial charge >= 0.3 is 6.01 Å². The quantitative estimate of drug-likeness (QED) is 0.465. The number of aryl methyl sites for hydroxylation is 1. The normalized spacial score (nSPS) is 17.2. The summed E-state index contributed by atoms with van der Waals surface area (Å²) in [5.74, 6) is -0.280. The average Bonchev–Trinajstić information content (AvgIpc) is 3.40. The minimum atomic E-state index is -0.923. The highest BCUT2D eigenvalue weighted by atomic mass is 19.2. The molecule has 2 fully saturated rings. The molecule has 0 bridgehead atoms. The Morgan fingerprint density at radius 2 is 1.91 bits per heavy atom. The summed E-state index contributed by atoms with van der Waals surface area (Å²) in [6, 6.07) is 1.23. The second-order valence-corrected chi connectivity index (χ2v) is 8.99. The van der Waals surface area contributed by atoms with Crippen molar-refractivity contribution in [2.75, 3.05) is 30.4 Å². The molecular formula is C23H23F2N7O. The molecule has 0 radical (unpaired) electrons. The van der Waals surface area contributed by atoms with Gasteiger partial charge in [-0.25, -0.2) is 18.7 Å². The Labute approximate surface area is 188 Å². The lowest BCUT2D eigenvalue weighted by molar-refractivity contribution is 0.165. The number of anilines is 2. The molecule has 2 N–H and O–H groups in total. The topological polar surface area (TPSA) is 91.8 Å². The zero-order chi connectivity index (χ0) is 22.7. The first-order chi connectivity index (χ1) is 16.0. The van der Waals surface area contributed by atoms with Crippen LogP contribution >= 0.6 is 0 Å². The van der Waals surface area contributed by atoms with Crippen LogP contribution in [0, 0.1) is 24.0 Å². The molecule has 6 rings (SSSR count). The molecule has 33 heavy (non-hydrogen) atoms. The Hall–Kier alpha value is -3.56. The third-order valence-electron chi connectivity index (χ3n) is 6.97. The molecule has 8 nitrogen and oxygen atoms in total. The third kappa shape index (κ3) is 3.15. The second kappa shape index (κ2) is 7.23. The summed E-state index contributed by atoms with van der Waals surface area (Å²) in [4.78, 5) is 22.8. The maximum absolute atomic E-state index is 15.1. The van der Waals surface area contributed by atoms with Crippen molar-refractivity contribution in [1.29, 1.82) is 0 Å². The zero-order valence-electron chi connectivity index (χ0n) is 18.4. The number of aromatic amines is 1. The smallest absolute Gasteiger partial charge is 0.326 e. The fourth-order valence-electron chi connectivity index (χ4n) is 5.07. The monoisotopic (exact) mass is 451 g/mol. The Morgan fingerprint density at radius 3 is 2.58 bits per heavy atom. The van der Waals surface area contributed by atoms with Gasteiger partial charge < -0.3 is 19.9 Å². The van der Waals surface area contributed by atoms with Crippen LogP contribution in [0.15, 0.2) is 18.5 Å². The van der Waals surface area contributed by atoms with Gasteiger partial charge in [0.25, 0.3) is 0 Å². The van der Waals surface area contributed by atoms with Crippen LogP contribution in [0.25, 0.3) is 21.9 Å². The molecule has 0 atom stereocenters. The van der Waals surface area contributed by atoms with Crippen molar-refractivity contribution in [1.82, 2.24) is 24.9 Å². The minimum Gasteiger partial charge on any atom is -0.421 e. The van der Waals surface area contributed by atoms with Crippen molar-refractivity contribution in [3.8, 4) is 11.8 Å². The van der Waals surface area contributed by atoms with E-state index >= 15 is 4.39 Å². The summed E-state index contributed by atoms with van der Waals surface area (Å²) in [5, 5.41) is 3.53. The number of aromatic nitrogens is 5. The molecule has 2 aliphatic rings. The summed E-state index contributed by atoms with van der Waals surface area (Å²) in [6.45, 7) is 3.40. The van der Waals surface area contributed by atoms with Crippen molar-refractivity contribution in [2.45, 2.75) is 32.6 Å². The van der Waals surface area contributed by atoms with E-state index in [1.807, 2.05) is 0 Å². The van der Waals surface area contributed by atoms with Crippen LogP contribution in [-0.2, 0) is 0 Å². The number of hydrogen-bond acceptors (Lipinski definition) is 7. The molecule has 1 aliphatic heterocycles. The molecule has 170 valence electrons. The fraction of sp³-hybridized carbons (Fsp3) is 0.391. The maximum atomic E-state index is 15.1. The molecule has 1 saturated heterocycles. The van der Waals surface area contributed by atoms with Crippen molar-refractivity contribution < 1.29 is 13.5 Å². The van der Waals surface area contributed by atoms with Gasteiger partial charge in [0.1, 0.15) is 17.3 Å². The van der Waals surface area contributed by atoms with Crippen LogP contribution in [0.3, 0.4) is 0 Å². The van der Waals surface area contributed by atoms with Crippen LogP contribution < -0.4 is 15.0 Å². The average molecular weight is 451 g/mol. The number of fused-ring (bicyclic) bond motifs is 3. The lowest BCUT2D eigenvalue weighted by atomic mass is 9.68. The first-order valence-electron chi connectivity index (χ1n) is 11.1. The Bertz CT molecular complexity index is 1380. The van der Waals surface area contributed by atoms with Gasteiger partial charge in [-0.1, -0.05) is 6.42 Å². The van der Waals surface area contributed by atoms with Gasteiger partial charge in [0, 0.05) is 26.2 Å². The predicted octanol–water partition coefficient (Wildman–Crippen LogP) is 4.70. The number of benzene rings is 1. The number of nitrogens with one attached hydrogen (secondary N) is 2. The zero-order valence-corrected chi connectivity index (χ0v) is 18.4. The van der Waals surface area contributed by atoms with Crippen LogP contribution in [0.4, 0.5) is 20.3 Å². The van der Waals surface area contributed by atoms with Gasteiger partial charge in [-0.05, 0) is 31.6 Å².